The Morgan fingerprint density at radius 1 is 1.37 bits per heavy atom. The van der Waals surface area contributed by atoms with Gasteiger partial charge in [0.1, 0.15) is 5.75 Å². The number of hydrogen-bond donors (Lipinski definition) is 1. The van der Waals surface area contributed by atoms with Gasteiger partial charge in [-0.15, -0.1) is 0 Å². The maximum Gasteiger partial charge on any atom is 0.339 e. The minimum absolute atomic E-state index is 0.0552. The molecule has 0 spiro atoms. The van der Waals surface area contributed by atoms with Crippen LogP contribution in [0.4, 0.5) is 0 Å². The second-order valence-corrected chi connectivity index (χ2v) is 4.38. The number of rotatable bonds is 3. The lowest BCUT2D eigenvalue weighted by atomic mass is 10.2. The van der Waals surface area contributed by atoms with E-state index in [4.69, 9.17) is 21.4 Å². The minimum Gasteiger partial charge on any atom is -0.478 e. The average molecular weight is 279 g/mol. The van der Waals surface area contributed by atoms with Gasteiger partial charge in [0.05, 0.1) is 11.3 Å². The summed E-state index contributed by atoms with van der Waals surface area (Å²) in [6.07, 6.45) is 1.22. The third-order valence-electron chi connectivity index (χ3n) is 2.53. The highest BCUT2D eigenvalue weighted by Gasteiger charge is 2.11. The number of aromatic carboxylic acids is 1. The molecule has 1 aromatic heterocycles. The molecule has 19 heavy (non-hydrogen) atoms. The van der Waals surface area contributed by atoms with Crippen molar-refractivity contribution < 1.29 is 14.6 Å². The predicted octanol–water partition coefficient (Wildman–Crippen LogP) is 3.24. The Hall–Kier alpha value is -2.14. The molecule has 6 heteroatoms. The quantitative estimate of drug-likeness (QED) is 0.933. The van der Waals surface area contributed by atoms with Crippen LogP contribution in [0.3, 0.4) is 0 Å². The SMILES string of the molecule is Cc1cc(Oc2ncc(C(=O)O)c(C)n2)ccc1Cl. The van der Waals surface area contributed by atoms with Gasteiger partial charge < -0.3 is 9.84 Å². The van der Waals surface area contributed by atoms with Crippen LogP contribution in [-0.2, 0) is 0 Å². The van der Waals surface area contributed by atoms with Crippen LogP contribution in [0.25, 0.3) is 0 Å². The summed E-state index contributed by atoms with van der Waals surface area (Å²) in [4.78, 5) is 18.7. The highest BCUT2D eigenvalue weighted by Crippen LogP contribution is 2.24. The molecular formula is C13H11ClN2O3. The van der Waals surface area contributed by atoms with E-state index in [1.807, 2.05) is 6.92 Å². The van der Waals surface area contributed by atoms with E-state index in [9.17, 15) is 4.79 Å². The van der Waals surface area contributed by atoms with Crippen LogP contribution in [0.5, 0.6) is 11.8 Å². The molecule has 0 atom stereocenters. The van der Waals surface area contributed by atoms with Crippen LogP contribution in [0.1, 0.15) is 21.6 Å². The molecule has 5 nitrogen and oxygen atoms in total. The number of halogens is 1. The van der Waals surface area contributed by atoms with Crippen molar-refractivity contribution in [2.24, 2.45) is 0 Å². The first kappa shape index (κ1) is 13.3. The molecule has 0 unspecified atom stereocenters. The highest BCUT2D eigenvalue weighted by molar-refractivity contribution is 6.31. The van der Waals surface area contributed by atoms with E-state index in [1.165, 1.54) is 6.20 Å². The first-order chi connectivity index (χ1) is 8.97. The fourth-order valence-corrected chi connectivity index (χ4v) is 1.61. The lowest BCUT2D eigenvalue weighted by Gasteiger charge is -2.07. The van der Waals surface area contributed by atoms with E-state index in [0.717, 1.165) is 5.56 Å². The van der Waals surface area contributed by atoms with Gasteiger partial charge in [-0.2, -0.15) is 4.98 Å². The Bertz CT molecular complexity index is 644. The fraction of sp³-hybridized carbons (Fsp3) is 0.154. The molecule has 0 aliphatic rings. The molecule has 2 rings (SSSR count). The molecule has 2 aromatic rings. The van der Waals surface area contributed by atoms with Gasteiger partial charge in [0.15, 0.2) is 0 Å². The van der Waals surface area contributed by atoms with Gasteiger partial charge in [0.2, 0.25) is 0 Å². The number of carbonyl (C=O) groups is 1. The number of carboxylic acids is 1. The molecule has 0 amide bonds. The zero-order valence-corrected chi connectivity index (χ0v) is 11.1. The minimum atomic E-state index is -1.06. The monoisotopic (exact) mass is 278 g/mol. The van der Waals surface area contributed by atoms with Crippen molar-refractivity contribution >= 4 is 17.6 Å². The number of carboxylic acid groups (broad SMARTS) is 1. The maximum atomic E-state index is 10.8. The van der Waals surface area contributed by atoms with Gasteiger partial charge in [0, 0.05) is 11.2 Å². The van der Waals surface area contributed by atoms with Gasteiger partial charge in [0.25, 0.3) is 0 Å². The van der Waals surface area contributed by atoms with Crippen LogP contribution in [0, 0.1) is 13.8 Å². The molecule has 98 valence electrons. The Morgan fingerprint density at radius 3 is 2.68 bits per heavy atom. The fourth-order valence-electron chi connectivity index (χ4n) is 1.49. The Balaban J connectivity index is 2.26. The Kier molecular flexibility index (Phi) is 3.66. The van der Waals surface area contributed by atoms with Crippen LogP contribution in [0.15, 0.2) is 24.4 Å². The molecule has 0 saturated carbocycles. The summed E-state index contributed by atoms with van der Waals surface area (Å²) in [5.41, 5.74) is 1.28. The summed E-state index contributed by atoms with van der Waals surface area (Å²) >= 11 is 5.91. The van der Waals surface area contributed by atoms with E-state index >= 15 is 0 Å². The lowest BCUT2D eigenvalue weighted by molar-refractivity contribution is 0.0695. The van der Waals surface area contributed by atoms with Crippen LogP contribution < -0.4 is 4.74 Å². The lowest BCUT2D eigenvalue weighted by Crippen LogP contribution is -2.04. The van der Waals surface area contributed by atoms with Crippen molar-refractivity contribution in [3.05, 3.63) is 46.2 Å². The van der Waals surface area contributed by atoms with E-state index in [0.29, 0.717) is 16.5 Å². The second-order valence-electron chi connectivity index (χ2n) is 3.97. The molecule has 0 saturated heterocycles. The predicted molar refractivity (Wildman–Crippen MR) is 70.0 cm³/mol. The molecular weight excluding hydrogens is 268 g/mol. The van der Waals surface area contributed by atoms with Gasteiger partial charge in [-0.25, -0.2) is 9.78 Å². The summed E-state index contributed by atoms with van der Waals surface area (Å²) in [5, 5.41) is 9.52. The zero-order chi connectivity index (χ0) is 14.0. The Morgan fingerprint density at radius 2 is 2.11 bits per heavy atom. The summed E-state index contributed by atoms with van der Waals surface area (Å²) in [7, 11) is 0. The van der Waals surface area contributed by atoms with Crippen molar-refractivity contribution in [1.29, 1.82) is 0 Å². The van der Waals surface area contributed by atoms with Crippen molar-refractivity contribution in [3.63, 3.8) is 0 Å². The second kappa shape index (κ2) is 5.24. The molecule has 0 aliphatic carbocycles. The zero-order valence-electron chi connectivity index (χ0n) is 10.3. The van der Waals surface area contributed by atoms with Crippen LogP contribution >= 0.6 is 11.6 Å². The summed E-state index contributed by atoms with van der Waals surface area (Å²) in [6, 6.07) is 5.26. The topological polar surface area (TPSA) is 72.3 Å². The maximum absolute atomic E-state index is 10.8. The first-order valence-corrected chi connectivity index (χ1v) is 5.86. The van der Waals surface area contributed by atoms with Gasteiger partial charge >= 0.3 is 12.0 Å². The molecule has 0 bridgehead atoms. The number of aromatic nitrogens is 2. The first-order valence-electron chi connectivity index (χ1n) is 5.48. The van der Waals surface area contributed by atoms with Crippen molar-refractivity contribution in [1.82, 2.24) is 9.97 Å². The van der Waals surface area contributed by atoms with E-state index in [2.05, 4.69) is 9.97 Å². The molecule has 1 N–H and O–H groups in total. The summed E-state index contributed by atoms with van der Waals surface area (Å²) in [6.45, 7) is 3.44. The number of hydrogen-bond acceptors (Lipinski definition) is 4. The molecule has 0 radical (unpaired) electrons. The molecule has 1 heterocycles. The smallest absolute Gasteiger partial charge is 0.339 e. The van der Waals surface area contributed by atoms with E-state index in [1.54, 1.807) is 25.1 Å². The van der Waals surface area contributed by atoms with Gasteiger partial charge in [-0.1, -0.05) is 11.6 Å². The third-order valence-corrected chi connectivity index (χ3v) is 2.95. The van der Waals surface area contributed by atoms with Gasteiger partial charge in [-0.3, -0.25) is 0 Å². The average Bonchev–Trinajstić information content (AvgIpc) is 2.33. The number of benzene rings is 1. The van der Waals surface area contributed by atoms with Crippen molar-refractivity contribution in [2.45, 2.75) is 13.8 Å². The molecule has 1 aromatic carbocycles. The van der Waals surface area contributed by atoms with Crippen molar-refractivity contribution in [2.75, 3.05) is 0 Å². The number of aryl methyl sites for hydroxylation is 2. The van der Waals surface area contributed by atoms with E-state index in [-0.39, 0.29) is 11.6 Å². The molecule has 0 aliphatic heterocycles. The number of nitrogens with zero attached hydrogens (tertiary/aromatic N) is 2. The van der Waals surface area contributed by atoms with Gasteiger partial charge in [-0.05, 0) is 37.6 Å². The van der Waals surface area contributed by atoms with E-state index < -0.39 is 5.97 Å². The highest BCUT2D eigenvalue weighted by atomic mass is 35.5. The normalized spacial score (nSPS) is 10.3. The largest absolute Gasteiger partial charge is 0.478 e. The Labute approximate surface area is 114 Å². The molecule has 0 fully saturated rings. The number of ether oxygens (including phenoxy) is 1. The third kappa shape index (κ3) is 3.00. The standard InChI is InChI=1S/C13H11ClN2O3/c1-7-5-9(3-4-11(7)14)19-13-15-6-10(12(17)18)8(2)16-13/h3-6H,1-2H3,(H,17,18). The van der Waals surface area contributed by atoms with Crippen LogP contribution in [0.2, 0.25) is 5.02 Å². The summed E-state index contributed by atoms with van der Waals surface area (Å²) < 4.78 is 5.46. The van der Waals surface area contributed by atoms with Crippen LogP contribution in [-0.4, -0.2) is 21.0 Å². The van der Waals surface area contributed by atoms with Crippen molar-refractivity contribution in [3.8, 4) is 11.8 Å². The summed E-state index contributed by atoms with van der Waals surface area (Å²) in [5.74, 6) is -0.518.